The summed E-state index contributed by atoms with van der Waals surface area (Å²) in [6, 6.07) is 0.283. The van der Waals surface area contributed by atoms with Gasteiger partial charge >= 0.3 is 0 Å². The summed E-state index contributed by atoms with van der Waals surface area (Å²) in [5.74, 6) is 1.71. The maximum absolute atomic E-state index is 12.1. The molecule has 2 N–H and O–H groups in total. The topological polar surface area (TPSA) is 70.7 Å². The van der Waals surface area contributed by atoms with Crippen LogP contribution in [0.4, 0.5) is 0 Å². The molecule has 2 atom stereocenters. The first kappa shape index (κ1) is 14.0. The van der Waals surface area contributed by atoms with Crippen LogP contribution in [0.1, 0.15) is 68.8 Å². The van der Waals surface area contributed by atoms with Crippen molar-refractivity contribution in [1.82, 2.24) is 20.5 Å². The fraction of sp³-hybridized carbons (Fsp3) is 0.786. The first-order valence-corrected chi connectivity index (χ1v) is 7.41. The van der Waals surface area contributed by atoms with Gasteiger partial charge in [-0.3, -0.25) is 9.89 Å². The Labute approximate surface area is 114 Å². The second-order valence-corrected chi connectivity index (χ2v) is 5.64. The Hall–Kier alpha value is -1.39. The number of nitrogens with zero attached hydrogens (tertiary/aromatic N) is 2. The van der Waals surface area contributed by atoms with Gasteiger partial charge in [0.2, 0.25) is 5.82 Å². The first-order chi connectivity index (χ1) is 9.19. The maximum atomic E-state index is 12.1. The highest BCUT2D eigenvalue weighted by Gasteiger charge is 2.20. The molecule has 1 heterocycles. The molecule has 1 aromatic rings. The minimum atomic E-state index is -0.141. The van der Waals surface area contributed by atoms with Crippen molar-refractivity contribution in [2.75, 3.05) is 0 Å². The lowest BCUT2D eigenvalue weighted by Gasteiger charge is -2.14. The second kappa shape index (κ2) is 6.68. The van der Waals surface area contributed by atoms with E-state index in [1.165, 1.54) is 19.3 Å². The van der Waals surface area contributed by atoms with Crippen LogP contribution >= 0.6 is 0 Å². The van der Waals surface area contributed by atoms with Gasteiger partial charge < -0.3 is 5.32 Å². The molecule has 1 fully saturated rings. The van der Waals surface area contributed by atoms with Crippen LogP contribution in [0.15, 0.2) is 0 Å². The van der Waals surface area contributed by atoms with E-state index in [0.29, 0.717) is 0 Å². The van der Waals surface area contributed by atoms with Crippen molar-refractivity contribution in [3.63, 3.8) is 0 Å². The van der Waals surface area contributed by atoms with E-state index in [2.05, 4.69) is 34.3 Å². The van der Waals surface area contributed by atoms with Crippen LogP contribution in [0.25, 0.3) is 0 Å². The van der Waals surface area contributed by atoms with E-state index in [4.69, 9.17) is 0 Å². The zero-order valence-electron chi connectivity index (χ0n) is 11.9. The van der Waals surface area contributed by atoms with Gasteiger partial charge in [-0.15, -0.1) is 5.10 Å². The van der Waals surface area contributed by atoms with Gasteiger partial charge in [0.25, 0.3) is 5.91 Å². The van der Waals surface area contributed by atoms with Crippen LogP contribution in [-0.4, -0.2) is 27.1 Å². The fourth-order valence-electron chi connectivity index (χ4n) is 2.63. The summed E-state index contributed by atoms with van der Waals surface area (Å²) in [6.45, 7) is 4.37. The minimum absolute atomic E-state index is 0.141. The molecule has 1 saturated carbocycles. The molecule has 1 aliphatic carbocycles. The molecule has 0 spiro atoms. The monoisotopic (exact) mass is 264 g/mol. The third-order valence-corrected chi connectivity index (χ3v) is 3.81. The summed E-state index contributed by atoms with van der Waals surface area (Å²) >= 11 is 0. The van der Waals surface area contributed by atoms with Crippen molar-refractivity contribution >= 4 is 5.91 Å². The molecule has 1 aromatic heterocycles. The van der Waals surface area contributed by atoms with Gasteiger partial charge in [-0.1, -0.05) is 26.7 Å². The summed E-state index contributed by atoms with van der Waals surface area (Å²) in [6.07, 6.45) is 7.63. The van der Waals surface area contributed by atoms with Crippen LogP contribution in [0.3, 0.4) is 0 Å². The lowest BCUT2D eigenvalue weighted by atomic mass is 10.0. The van der Waals surface area contributed by atoms with E-state index >= 15 is 0 Å². The van der Waals surface area contributed by atoms with Gasteiger partial charge in [0.1, 0.15) is 5.82 Å². The minimum Gasteiger partial charge on any atom is -0.347 e. The number of nitrogens with one attached hydrogen (secondary N) is 2. The average Bonchev–Trinajstić information content (AvgIpc) is 2.75. The number of carbonyl (C=O) groups excluding carboxylic acids is 1. The lowest BCUT2D eigenvalue weighted by Crippen LogP contribution is -2.35. The SMILES string of the molecule is CCCc1nc(C(=O)NC2CCCC(C)CC2)n[nH]1. The Kier molecular flexibility index (Phi) is 4.93. The average molecular weight is 264 g/mol. The zero-order valence-corrected chi connectivity index (χ0v) is 11.9. The molecular weight excluding hydrogens is 240 g/mol. The highest BCUT2D eigenvalue weighted by molar-refractivity contribution is 5.90. The molecule has 5 heteroatoms. The highest BCUT2D eigenvalue weighted by Crippen LogP contribution is 2.22. The fourth-order valence-corrected chi connectivity index (χ4v) is 2.63. The van der Waals surface area contributed by atoms with E-state index < -0.39 is 0 Å². The normalized spacial score (nSPS) is 23.9. The van der Waals surface area contributed by atoms with Gasteiger partial charge in [-0.25, -0.2) is 4.98 Å². The number of aryl methyl sites for hydroxylation is 1. The van der Waals surface area contributed by atoms with E-state index in [-0.39, 0.29) is 17.8 Å². The van der Waals surface area contributed by atoms with Crippen LogP contribution in [0, 0.1) is 5.92 Å². The molecule has 0 aliphatic heterocycles. The van der Waals surface area contributed by atoms with E-state index in [9.17, 15) is 4.79 Å². The van der Waals surface area contributed by atoms with Crippen molar-refractivity contribution < 1.29 is 4.79 Å². The number of rotatable bonds is 4. The number of aromatic nitrogens is 3. The zero-order chi connectivity index (χ0) is 13.7. The predicted molar refractivity (Wildman–Crippen MR) is 73.9 cm³/mol. The molecule has 5 nitrogen and oxygen atoms in total. The van der Waals surface area contributed by atoms with E-state index in [0.717, 1.165) is 37.4 Å². The maximum Gasteiger partial charge on any atom is 0.291 e. The van der Waals surface area contributed by atoms with Crippen molar-refractivity contribution in [2.45, 2.75) is 64.8 Å². The van der Waals surface area contributed by atoms with Gasteiger partial charge in [-0.2, -0.15) is 0 Å². The van der Waals surface area contributed by atoms with Crippen molar-refractivity contribution in [2.24, 2.45) is 5.92 Å². The van der Waals surface area contributed by atoms with Crippen LogP contribution in [-0.2, 0) is 6.42 Å². The van der Waals surface area contributed by atoms with Crippen molar-refractivity contribution in [3.05, 3.63) is 11.6 Å². The number of aromatic amines is 1. The largest absolute Gasteiger partial charge is 0.347 e. The van der Waals surface area contributed by atoms with Crippen molar-refractivity contribution in [1.29, 1.82) is 0 Å². The molecule has 106 valence electrons. The number of hydrogen-bond donors (Lipinski definition) is 2. The third-order valence-electron chi connectivity index (χ3n) is 3.81. The summed E-state index contributed by atoms with van der Waals surface area (Å²) in [7, 11) is 0. The first-order valence-electron chi connectivity index (χ1n) is 7.41. The van der Waals surface area contributed by atoms with Crippen molar-refractivity contribution in [3.8, 4) is 0 Å². The Morgan fingerprint density at radius 2 is 2.21 bits per heavy atom. The van der Waals surface area contributed by atoms with Gasteiger partial charge in [-0.05, 0) is 31.6 Å². The van der Waals surface area contributed by atoms with Crippen LogP contribution < -0.4 is 5.32 Å². The lowest BCUT2D eigenvalue weighted by molar-refractivity contribution is 0.0923. The van der Waals surface area contributed by atoms with Crippen LogP contribution in [0.5, 0.6) is 0 Å². The number of H-pyrrole nitrogens is 1. The Balaban J connectivity index is 1.88. The molecule has 0 aromatic carbocycles. The third kappa shape index (κ3) is 4.04. The molecule has 19 heavy (non-hydrogen) atoms. The molecule has 2 rings (SSSR count). The van der Waals surface area contributed by atoms with E-state index in [1.54, 1.807) is 0 Å². The summed E-state index contributed by atoms with van der Waals surface area (Å²) in [5.41, 5.74) is 0. The molecule has 1 aliphatic rings. The number of amides is 1. The molecule has 2 unspecified atom stereocenters. The predicted octanol–water partition coefficient (Wildman–Crippen LogP) is 2.46. The molecule has 0 bridgehead atoms. The van der Waals surface area contributed by atoms with E-state index in [1.807, 2.05) is 0 Å². The molecule has 1 amide bonds. The summed E-state index contributed by atoms with van der Waals surface area (Å²) in [4.78, 5) is 16.3. The molecular formula is C14H24N4O. The Bertz CT molecular complexity index is 415. The number of carbonyl (C=O) groups is 1. The quantitative estimate of drug-likeness (QED) is 0.821. The van der Waals surface area contributed by atoms with Crippen LogP contribution in [0.2, 0.25) is 0 Å². The Morgan fingerprint density at radius 1 is 1.37 bits per heavy atom. The summed E-state index contributed by atoms with van der Waals surface area (Å²) in [5, 5.41) is 9.88. The van der Waals surface area contributed by atoms with Gasteiger partial charge in [0.15, 0.2) is 0 Å². The molecule has 0 saturated heterocycles. The highest BCUT2D eigenvalue weighted by atomic mass is 16.2. The Morgan fingerprint density at radius 3 is 3.00 bits per heavy atom. The molecule has 0 radical (unpaired) electrons. The second-order valence-electron chi connectivity index (χ2n) is 5.64. The smallest absolute Gasteiger partial charge is 0.291 e. The number of hydrogen-bond acceptors (Lipinski definition) is 3. The summed E-state index contributed by atoms with van der Waals surface area (Å²) < 4.78 is 0. The van der Waals surface area contributed by atoms with Gasteiger partial charge in [0.05, 0.1) is 0 Å². The van der Waals surface area contributed by atoms with Gasteiger partial charge in [0, 0.05) is 12.5 Å². The standard InChI is InChI=1S/C14H24N4O/c1-3-5-12-16-13(18-17-12)14(19)15-11-7-4-6-10(2)8-9-11/h10-11H,3-9H2,1-2H3,(H,15,19)(H,16,17,18).